The maximum absolute atomic E-state index is 13.6. The number of hydrogen-bond donors (Lipinski definition) is 3. The number of thiazole rings is 3. The van der Waals surface area contributed by atoms with E-state index in [1.165, 1.54) is 52.2 Å². The quantitative estimate of drug-likeness (QED) is 0.141. The summed E-state index contributed by atoms with van der Waals surface area (Å²) in [7, 11) is 4.72. The van der Waals surface area contributed by atoms with Gasteiger partial charge in [0.25, 0.3) is 17.7 Å². The third-order valence-electron chi connectivity index (χ3n) is 7.17. The lowest BCUT2D eigenvalue weighted by atomic mass is 10.0. The summed E-state index contributed by atoms with van der Waals surface area (Å²) in [5, 5.41) is 9.42. The standard InChI is InChI=1S/C33H24N6O6S3/c1-43-19-4-7-22-25(13-19)46-31(34-22)37-28(40)16-10-17(29(41)38-32-35-23-8-5-20(44-2)14-26(23)47-32)12-18(11-16)30(42)39-33-36-24-9-6-21(45-3)15-27(24)48-33/h4-15H,1-3H3,(H,34,37,40)(H,35,38,41)(H,36,39,42). The van der Waals surface area contributed by atoms with Gasteiger partial charge in [0.2, 0.25) is 0 Å². The van der Waals surface area contributed by atoms with Gasteiger partial charge in [0.15, 0.2) is 15.4 Å². The number of ether oxygens (including phenoxy) is 3. The molecule has 0 fully saturated rings. The summed E-state index contributed by atoms with van der Waals surface area (Å²) in [6.45, 7) is 0. The maximum Gasteiger partial charge on any atom is 0.257 e. The van der Waals surface area contributed by atoms with Crippen LogP contribution in [-0.4, -0.2) is 54.0 Å². The second-order valence-electron chi connectivity index (χ2n) is 10.2. The molecule has 15 heteroatoms. The van der Waals surface area contributed by atoms with E-state index in [0.29, 0.717) is 49.2 Å². The van der Waals surface area contributed by atoms with Crippen LogP contribution in [0, 0.1) is 0 Å². The number of nitrogens with zero attached hydrogens (tertiary/aromatic N) is 3. The van der Waals surface area contributed by atoms with Crippen molar-refractivity contribution in [2.45, 2.75) is 0 Å². The van der Waals surface area contributed by atoms with Gasteiger partial charge in [-0.05, 0) is 72.8 Å². The van der Waals surface area contributed by atoms with Crippen molar-refractivity contribution in [3.05, 3.63) is 89.5 Å². The molecule has 7 aromatic rings. The molecule has 12 nitrogen and oxygen atoms in total. The molecule has 3 N–H and O–H groups in total. The van der Waals surface area contributed by atoms with E-state index in [1.807, 2.05) is 18.2 Å². The van der Waals surface area contributed by atoms with Crippen molar-refractivity contribution >= 4 is 97.8 Å². The van der Waals surface area contributed by atoms with Gasteiger partial charge in [-0.2, -0.15) is 0 Å². The van der Waals surface area contributed by atoms with Crippen molar-refractivity contribution in [2.75, 3.05) is 37.3 Å². The average molecular weight is 697 g/mol. The van der Waals surface area contributed by atoms with E-state index in [-0.39, 0.29) is 16.7 Å². The first-order valence-corrected chi connectivity index (χ1v) is 16.7. The predicted octanol–water partition coefficient (Wildman–Crippen LogP) is 7.30. The Kier molecular flexibility index (Phi) is 8.31. The second-order valence-corrected chi connectivity index (χ2v) is 13.3. The molecular weight excluding hydrogens is 673 g/mol. The van der Waals surface area contributed by atoms with Crippen molar-refractivity contribution in [1.82, 2.24) is 15.0 Å². The summed E-state index contributed by atoms with van der Waals surface area (Å²) >= 11 is 3.81. The molecule has 0 aliphatic heterocycles. The van der Waals surface area contributed by atoms with Gasteiger partial charge in [0, 0.05) is 16.7 Å². The van der Waals surface area contributed by atoms with E-state index in [1.54, 1.807) is 57.7 Å². The van der Waals surface area contributed by atoms with Crippen LogP contribution in [0.25, 0.3) is 30.6 Å². The molecule has 3 amide bonds. The van der Waals surface area contributed by atoms with E-state index in [0.717, 1.165) is 14.1 Å². The lowest BCUT2D eigenvalue weighted by Gasteiger charge is -2.09. The zero-order valence-corrected chi connectivity index (χ0v) is 27.9. The Balaban J connectivity index is 1.19. The molecule has 0 bridgehead atoms. The zero-order valence-electron chi connectivity index (χ0n) is 25.4. The lowest BCUT2D eigenvalue weighted by molar-refractivity contribution is 0.102. The number of amides is 3. The number of nitrogens with one attached hydrogen (secondary N) is 3. The van der Waals surface area contributed by atoms with Crippen molar-refractivity contribution in [3.8, 4) is 17.2 Å². The molecule has 0 saturated carbocycles. The molecule has 0 radical (unpaired) electrons. The highest BCUT2D eigenvalue weighted by molar-refractivity contribution is 7.23. The molecule has 0 spiro atoms. The van der Waals surface area contributed by atoms with Gasteiger partial charge in [0.05, 0.1) is 52.0 Å². The van der Waals surface area contributed by atoms with Crippen molar-refractivity contribution in [1.29, 1.82) is 0 Å². The zero-order chi connectivity index (χ0) is 33.4. The molecule has 7 rings (SSSR count). The van der Waals surface area contributed by atoms with Crippen LogP contribution < -0.4 is 30.2 Å². The minimum Gasteiger partial charge on any atom is -0.497 e. The molecule has 0 aliphatic carbocycles. The van der Waals surface area contributed by atoms with E-state index in [4.69, 9.17) is 14.2 Å². The van der Waals surface area contributed by atoms with Crippen LogP contribution >= 0.6 is 34.0 Å². The number of fused-ring (bicyclic) bond motifs is 3. The topological polar surface area (TPSA) is 154 Å². The van der Waals surface area contributed by atoms with E-state index >= 15 is 0 Å². The van der Waals surface area contributed by atoms with Gasteiger partial charge in [-0.25, -0.2) is 15.0 Å². The fraction of sp³-hybridized carbons (Fsp3) is 0.0909. The smallest absolute Gasteiger partial charge is 0.257 e. The molecular formula is C33H24N6O6S3. The number of aromatic nitrogens is 3. The molecule has 3 heterocycles. The maximum atomic E-state index is 13.6. The first-order valence-electron chi connectivity index (χ1n) is 14.2. The molecule has 240 valence electrons. The van der Waals surface area contributed by atoms with Crippen LogP contribution in [0.15, 0.2) is 72.8 Å². The molecule has 0 aliphatic rings. The molecule has 4 aromatic carbocycles. The number of methoxy groups -OCH3 is 3. The molecule has 48 heavy (non-hydrogen) atoms. The van der Waals surface area contributed by atoms with Crippen LogP contribution in [-0.2, 0) is 0 Å². The van der Waals surface area contributed by atoms with Crippen molar-refractivity contribution in [3.63, 3.8) is 0 Å². The molecule has 0 atom stereocenters. The minimum atomic E-state index is -0.552. The van der Waals surface area contributed by atoms with Crippen LogP contribution in [0.2, 0.25) is 0 Å². The Labute approximate surface area is 284 Å². The van der Waals surface area contributed by atoms with E-state index in [9.17, 15) is 14.4 Å². The highest BCUT2D eigenvalue weighted by atomic mass is 32.1. The van der Waals surface area contributed by atoms with Crippen LogP contribution in [0.3, 0.4) is 0 Å². The second kappa shape index (κ2) is 12.9. The largest absolute Gasteiger partial charge is 0.497 e. The van der Waals surface area contributed by atoms with E-state index < -0.39 is 17.7 Å². The van der Waals surface area contributed by atoms with Gasteiger partial charge < -0.3 is 14.2 Å². The summed E-state index contributed by atoms with van der Waals surface area (Å²) in [5.41, 5.74) is 2.29. The summed E-state index contributed by atoms with van der Waals surface area (Å²) in [5.74, 6) is 0.338. The highest BCUT2D eigenvalue weighted by Crippen LogP contribution is 2.32. The van der Waals surface area contributed by atoms with Crippen LogP contribution in [0.1, 0.15) is 31.1 Å². The Morgan fingerprint density at radius 3 is 1.04 bits per heavy atom. The van der Waals surface area contributed by atoms with Crippen molar-refractivity contribution < 1.29 is 28.6 Å². The lowest BCUT2D eigenvalue weighted by Crippen LogP contribution is -2.19. The first kappa shape index (κ1) is 31.0. The summed E-state index contributed by atoms with van der Waals surface area (Å²) < 4.78 is 18.3. The van der Waals surface area contributed by atoms with Gasteiger partial charge in [0.1, 0.15) is 17.2 Å². The number of carbonyl (C=O) groups is 3. The Morgan fingerprint density at radius 2 is 0.771 bits per heavy atom. The summed E-state index contributed by atoms with van der Waals surface area (Å²) in [6.07, 6.45) is 0. The Bertz CT molecular complexity index is 2110. The number of hydrogen-bond acceptors (Lipinski definition) is 12. The highest BCUT2D eigenvalue weighted by Gasteiger charge is 2.20. The average Bonchev–Trinajstić information content (AvgIpc) is 3.82. The fourth-order valence-corrected chi connectivity index (χ4v) is 7.45. The molecule has 3 aromatic heterocycles. The normalized spacial score (nSPS) is 11.1. The number of rotatable bonds is 9. The Morgan fingerprint density at radius 1 is 0.479 bits per heavy atom. The van der Waals surface area contributed by atoms with Gasteiger partial charge in [-0.3, -0.25) is 30.3 Å². The summed E-state index contributed by atoms with van der Waals surface area (Å²) in [6, 6.07) is 20.5. The fourth-order valence-electron chi connectivity index (χ4n) is 4.78. The van der Waals surface area contributed by atoms with Crippen molar-refractivity contribution in [2.24, 2.45) is 0 Å². The Hall–Kier alpha value is -5.64. The minimum absolute atomic E-state index is 0.0766. The van der Waals surface area contributed by atoms with Gasteiger partial charge >= 0.3 is 0 Å². The predicted molar refractivity (Wildman–Crippen MR) is 189 cm³/mol. The van der Waals surface area contributed by atoms with Gasteiger partial charge in [-0.1, -0.05) is 34.0 Å². The third kappa shape index (κ3) is 6.33. The monoisotopic (exact) mass is 696 g/mol. The number of carbonyl (C=O) groups excluding carboxylic acids is 3. The van der Waals surface area contributed by atoms with Gasteiger partial charge in [-0.15, -0.1) is 0 Å². The first-order chi connectivity index (χ1) is 23.3. The third-order valence-corrected chi connectivity index (χ3v) is 9.97. The van der Waals surface area contributed by atoms with Crippen LogP contribution in [0.4, 0.5) is 15.4 Å². The van der Waals surface area contributed by atoms with Crippen LogP contribution in [0.5, 0.6) is 17.2 Å². The molecule has 0 saturated heterocycles. The summed E-state index contributed by atoms with van der Waals surface area (Å²) in [4.78, 5) is 54.1. The number of benzene rings is 4. The van der Waals surface area contributed by atoms with E-state index in [2.05, 4.69) is 30.9 Å². The molecule has 0 unspecified atom stereocenters. The number of anilines is 3. The SMILES string of the molecule is COc1ccc2nc(NC(=O)c3cc(C(=O)Nc4nc5ccc(OC)cc5s4)cc(C(=O)Nc4nc5ccc(OC)cc5s4)c3)sc2c1.